The quantitative estimate of drug-likeness (QED) is 0.760. The standard InChI is InChI=1S/C3H5BrF3NO2S/c4-2-11(9,10)8-1-3(5,6)7/h8H,1-2H2. The highest BCUT2D eigenvalue weighted by atomic mass is 79.9. The smallest absolute Gasteiger partial charge is 0.212 e. The fourth-order valence-corrected chi connectivity index (χ4v) is 1.18. The Morgan fingerprint density at radius 2 is 1.82 bits per heavy atom. The third-order valence-electron chi connectivity index (χ3n) is 0.636. The molecule has 11 heavy (non-hydrogen) atoms. The van der Waals surface area contributed by atoms with Gasteiger partial charge in [0.05, 0.1) is 0 Å². The monoisotopic (exact) mass is 255 g/mol. The van der Waals surface area contributed by atoms with Gasteiger partial charge in [-0.1, -0.05) is 15.9 Å². The predicted molar refractivity (Wildman–Crippen MR) is 36.8 cm³/mol. The summed E-state index contributed by atoms with van der Waals surface area (Å²) >= 11 is 2.52. The molecule has 0 heterocycles. The van der Waals surface area contributed by atoms with Crippen LogP contribution in [0.25, 0.3) is 0 Å². The molecule has 0 amide bonds. The second-order valence-electron chi connectivity index (χ2n) is 1.66. The van der Waals surface area contributed by atoms with Gasteiger partial charge in [-0.3, -0.25) is 0 Å². The molecule has 0 aromatic rings. The fraction of sp³-hybridized carbons (Fsp3) is 1.00. The highest BCUT2D eigenvalue weighted by Gasteiger charge is 2.28. The molecule has 0 bridgehead atoms. The summed E-state index contributed by atoms with van der Waals surface area (Å²) in [6.45, 7) is -1.53. The van der Waals surface area contributed by atoms with E-state index in [2.05, 4.69) is 15.9 Å². The van der Waals surface area contributed by atoms with E-state index < -0.39 is 27.4 Å². The van der Waals surface area contributed by atoms with Gasteiger partial charge in [-0.2, -0.15) is 13.2 Å². The number of halogens is 4. The number of hydrogen-bond acceptors (Lipinski definition) is 2. The number of sulfonamides is 1. The first kappa shape index (κ1) is 11.2. The van der Waals surface area contributed by atoms with Crippen molar-refractivity contribution in [2.75, 3.05) is 11.2 Å². The van der Waals surface area contributed by atoms with Crippen molar-refractivity contribution in [2.45, 2.75) is 6.18 Å². The number of rotatable bonds is 3. The van der Waals surface area contributed by atoms with Crippen molar-refractivity contribution >= 4 is 26.0 Å². The zero-order chi connectivity index (χ0) is 9.12. The summed E-state index contributed by atoms with van der Waals surface area (Å²) in [4.78, 5) is 0. The van der Waals surface area contributed by atoms with Gasteiger partial charge in [-0.15, -0.1) is 0 Å². The van der Waals surface area contributed by atoms with Gasteiger partial charge in [-0.05, 0) is 0 Å². The van der Waals surface area contributed by atoms with E-state index in [0.29, 0.717) is 0 Å². The van der Waals surface area contributed by atoms with E-state index in [-0.39, 0.29) is 0 Å². The maximum Gasteiger partial charge on any atom is 0.402 e. The van der Waals surface area contributed by atoms with E-state index in [1.54, 1.807) is 0 Å². The Labute approximate surface area is 70.1 Å². The van der Waals surface area contributed by atoms with Crippen LogP contribution in [0.4, 0.5) is 13.2 Å². The van der Waals surface area contributed by atoms with E-state index in [1.807, 2.05) is 0 Å². The van der Waals surface area contributed by atoms with Crippen molar-refractivity contribution in [1.82, 2.24) is 4.72 Å². The van der Waals surface area contributed by atoms with Crippen LogP contribution >= 0.6 is 15.9 Å². The van der Waals surface area contributed by atoms with Crippen molar-refractivity contribution < 1.29 is 21.6 Å². The summed E-state index contributed by atoms with van der Waals surface area (Å²) < 4.78 is 55.7. The zero-order valence-corrected chi connectivity index (χ0v) is 7.55. The highest BCUT2D eigenvalue weighted by Crippen LogP contribution is 2.12. The molecule has 0 aliphatic carbocycles. The number of alkyl halides is 4. The molecule has 0 aliphatic heterocycles. The minimum absolute atomic E-state index is 0.532. The lowest BCUT2D eigenvalue weighted by molar-refractivity contribution is -0.121. The van der Waals surface area contributed by atoms with E-state index in [4.69, 9.17) is 0 Å². The summed E-state index contributed by atoms with van der Waals surface area (Å²) in [6, 6.07) is 0. The van der Waals surface area contributed by atoms with Gasteiger partial charge in [-0.25, -0.2) is 13.1 Å². The van der Waals surface area contributed by atoms with Gasteiger partial charge < -0.3 is 0 Å². The molecule has 0 aromatic heterocycles. The van der Waals surface area contributed by atoms with Crippen molar-refractivity contribution in [2.24, 2.45) is 0 Å². The molecule has 1 N–H and O–H groups in total. The topological polar surface area (TPSA) is 46.2 Å². The molecule has 0 aliphatic rings. The lowest BCUT2D eigenvalue weighted by atomic mass is 10.7. The molecule has 0 spiro atoms. The van der Waals surface area contributed by atoms with Gasteiger partial charge >= 0.3 is 6.18 Å². The summed E-state index contributed by atoms with van der Waals surface area (Å²) in [5, 5.41) is 0. The van der Waals surface area contributed by atoms with Crippen molar-refractivity contribution in [3.63, 3.8) is 0 Å². The average molecular weight is 256 g/mol. The lowest BCUT2D eigenvalue weighted by Crippen LogP contribution is -2.34. The first-order valence-corrected chi connectivity index (χ1v) is 5.14. The molecular weight excluding hydrogens is 251 g/mol. The highest BCUT2D eigenvalue weighted by molar-refractivity contribution is 9.10. The molecule has 8 heteroatoms. The summed E-state index contributed by atoms with van der Waals surface area (Å²) in [5.41, 5.74) is 0. The normalized spacial score (nSPS) is 13.5. The van der Waals surface area contributed by atoms with Crippen molar-refractivity contribution in [1.29, 1.82) is 0 Å². The second-order valence-corrected chi connectivity index (χ2v) is 4.77. The van der Waals surface area contributed by atoms with Crippen LogP contribution < -0.4 is 4.72 Å². The van der Waals surface area contributed by atoms with E-state index in [0.717, 1.165) is 0 Å². The average Bonchev–Trinajstić information content (AvgIpc) is 1.83. The fourth-order valence-electron chi connectivity index (χ4n) is 0.230. The first-order chi connectivity index (χ1) is 4.77. The van der Waals surface area contributed by atoms with Crippen LogP contribution in [0.1, 0.15) is 0 Å². The van der Waals surface area contributed by atoms with Crippen LogP contribution in [0, 0.1) is 0 Å². The van der Waals surface area contributed by atoms with E-state index >= 15 is 0 Å². The Morgan fingerprint density at radius 1 is 1.36 bits per heavy atom. The second kappa shape index (κ2) is 3.72. The summed E-state index contributed by atoms with van der Waals surface area (Å²) in [7, 11) is -3.81. The molecule has 3 nitrogen and oxygen atoms in total. The molecule has 0 atom stereocenters. The number of nitrogens with one attached hydrogen (secondary N) is 1. The van der Waals surface area contributed by atoms with Crippen LogP contribution in [0.3, 0.4) is 0 Å². The molecular formula is C3H5BrF3NO2S. The Kier molecular flexibility index (Phi) is 3.78. The molecule has 0 fully saturated rings. The minimum atomic E-state index is -4.50. The maximum absolute atomic E-state index is 11.4. The molecule has 0 aromatic carbocycles. The summed E-state index contributed by atoms with van der Waals surface area (Å²) in [5.74, 6) is 0. The Balaban J connectivity index is 3.91. The van der Waals surface area contributed by atoms with Crippen LogP contribution in [-0.2, 0) is 10.0 Å². The zero-order valence-electron chi connectivity index (χ0n) is 5.15. The molecule has 0 unspecified atom stereocenters. The third-order valence-corrected chi connectivity index (χ3v) is 3.32. The molecule has 0 saturated carbocycles. The lowest BCUT2D eigenvalue weighted by Gasteiger charge is -2.06. The van der Waals surface area contributed by atoms with Crippen LogP contribution in [-0.4, -0.2) is 25.8 Å². The largest absolute Gasteiger partial charge is 0.402 e. The molecule has 0 rings (SSSR count). The van der Waals surface area contributed by atoms with E-state index in [9.17, 15) is 21.6 Å². The van der Waals surface area contributed by atoms with Gasteiger partial charge in [0.2, 0.25) is 10.0 Å². The third kappa shape index (κ3) is 6.57. The minimum Gasteiger partial charge on any atom is -0.212 e. The Bertz CT molecular complexity index is 211. The van der Waals surface area contributed by atoms with Crippen LogP contribution in [0.5, 0.6) is 0 Å². The van der Waals surface area contributed by atoms with Crippen molar-refractivity contribution in [3.8, 4) is 0 Å². The van der Waals surface area contributed by atoms with Gasteiger partial charge in [0.25, 0.3) is 0 Å². The SMILES string of the molecule is O=S(=O)(CBr)NCC(F)(F)F. The van der Waals surface area contributed by atoms with Crippen LogP contribution in [0.2, 0.25) is 0 Å². The van der Waals surface area contributed by atoms with Gasteiger partial charge in [0, 0.05) is 0 Å². The maximum atomic E-state index is 11.4. The molecule has 0 radical (unpaired) electrons. The number of hydrogen-bond donors (Lipinski definition) is 1. The van der Waals surface area contributed by atoms with Crippen LogP contribution in [0.15, 0.2) is 0 Å². The summed E-state index contributed by atoms with van der Waals surface area (Å²) in [6.07, 6.45) is -4.50. The van der Waals surface area contributed by atoms with Crippen molar-refractivity contribution in [3.05, 3.63) is 0 Å². The predicted octanol–water partition coefficient (Wildman–Crippen LogP) is 0.821. The molecule has 0 saturated heterocycles. The van der Waals surface area contributed by atoms with Gasteiger partial charge in [0.15, 0.2) is 0 Å². The molecule has 68 valence electrons. The van der Waals surface area contributed by atoms with E-state index in [1.165, 1.54) is 4.72 Å². The first-order valence-electron chi connectivity index (χ1n) is 2.37. The Hall–Kier alpha value is 0.180. The van der Waals surface area contributed by atoms with Gasteiger partial charge in [0.1, 0.15) is 11.2 Å². The Morgan fingerprint density at radius 3 is 2.09 bits per heavy atom.